The van der Waals surface area contributed by atoms with Gasteiger partial charge in [0.15, 0.2) is 0 Å². The van der Waals surface area contributed by atoms with Crippen LogP contribution in [0.3, 0.4) is 0 Å². The number of pyridine rings is 2. The van der Waals surface area contributed by atoms with E-state index < -0.39 is 23.6 Å². The number of aliphatic hydroxyl groups is 1. The topological polar surface area (TPSA) is 123 Å². The molecule has 1 unspecified atom stereocenters. The average Bonchev–Trinajstić information content (AvgIpc) is 2.92. The second-order valence-electron chi connectivity index (χ2n) is 12.9. The first-order valence-corrected chi connectivity index (χ1v) is 14.8. The molecule has 2 amide bonds. The molecule has 1 atom stereocenters. The molecule has 2 fully saturated rings. The Morgan fingerprint density at radius 1 is 1.09 bits per heavy atom. The van der Waals surface area contributed by atoms with E-state index in [0.717, 1.165) is 25.7 Å². The summed E-state index contributed by atoms with van der Waals surface area (Å²) >= 11 is 0. The first-order chi connectivity index (χ1) is 20.4. The molecule has 1 saturated heterocycles. The lowest BCUT2D eigenvalue weighted by Crippen LogP contribution is -2.52. The summed E-state index contributed by atoms with van der Waals surface area (Å²) in [6.45, 7) is 9.04. The molecule has 10 nitrogen and oxygen atoms in total. The molecule has 0 bridgehead atoms. The SMILES string of the molecule is Cc1c(-c2cc3cc(NC(=O)OC4CC5(CCN(C(=O)OC(C)(C)C)CC5)C4)ncc3cc2F)cnc2c1C(O)CCO2. The van der Waals surface area contributed by atoms with E-state index in [4.69, 9.17) is 14.2 Å². The second-order valence-corrected chi connectivity index (χ2v) is 12.9. The van der Waals surface area contributed by atoms with Crippen LogP contribution in [0.2, 0.25) is 0 Å². The number of aromatic nitrogens is 2. The Kier molecular flexibility index (Phi) is 7.40. The van der Waals surface area contributed by atoms with Gasteiger partial charge < -0.3 is 24.2 Å². The van der Waals surface area contributed by atoms with Gasteiger partial charge >= 0.3 is 12.2 Å². The van der Waals surface area contributed by atoms with Crippen molar-refractivity contribution >= 4 is 28.8 Å². The van der Waals surface area contributed by atoms with Crippen molar-refractivity contribution in [2.45, 2.75) is 77.6 Å². The zero-order chi connectivity index (χ0) is 30.5. The summed E-state index contributed by atoms with van der Waals surface area (Å²) in [4.78, 5) is 35.4. The van der Waals surface area contributed by atoms with Crippen molar-refractivity contribution in [1.29, 1.82) is 0 Å². The van der Waals surface area contributed by atoms with Gasteiger partial charge in [-0.3, -0.25) is 5.32 Å². The van der Waals surface area contributed by atoms with Gasteiger partial charge in [0.05, 0.1) is 12.7 Å². The lowest BCUT2D eigenvalue weighted by Gasteiger charge is -2.51. The number of hydrogen-bond acceptors (Lipinski definition) is 8. The van der Waals surface area contributed by atoms with E-state index in [1.807, 2.05) is 27.7 Å². The van der Waals surface area contributed by atoms with E-state index in [1.54, 1.807) is 23.2 Å². The van der Waals surface area contributed by atoms with E-state index in [1.165, 1.54) is 12.3 Å². The Bertz CT molecular complexity index is 1570. The molecule has 43 heavy (non-hydrogen) atoms. The summed E-state index contributed by atoms with van der Waals surface area (Å²) in [5.74, 6) is 0.222. The van der Waals surface area contributed by atoms with E-state index in [-0.39, 0.29) is 17.6 Å². The molecule has 2 aliphatic heterocycles. The van der Waals surface area contributed by atoms with Gasteiger partial charge in [-0.1, -0.05) is 0 Å². The summed E-state index contributed by atoms with van der Waals surface area (Å²) in [5, 5.41) is 14.5. The molecular formula is C32H37FN4O6. The van der Waals surface area contributed by atoms with E-state index in [0.29, 0.717) is 70.8 Å². The number of likely N-dealkylation sites (tertiary alicyclic amines) is 1. The van der Waals surface area contributed by atoms with Gasteiger partial charge in [0.1, 0.15) is 23.3 Å². The highest BCUT2D eigenvalue weighted by atomic mass is 19.1. The lowest BCUT2D eigenvalue weighted by molar-refractivity contribution is -0.0716. The minimum Gasteiger partial charge on any atom is -0.477 e. The van der Waals surface area contributed by atoms with E-state index >= 15 is 4.39 Å². The number of anilines is 1. The predicted molar refractivity (Wildman–Crippen MR) is 157 cm³/mol. The smallest absolute Gasteiger partial charge is 0.413 e. The fourth-order valence-corrected chi connectivity index (χ4v) is 6.40. The van der Waals surface area contributed by atoms with Crippen LogP contribution in [-0.4, -0.2) is 63.6 Å². The number of hydrogen-bond donors (Lipinski definition) is 2. The van der Waals surface area contributed by atoms with Gasteiger partial charge in [-0.15, -0.1) is 0 Å². The Labute approximate surface area is 249 Å². The number of nitrogens with one attached hydrogen (secondary N) is 1. The standard InChI is InChI=1S/C32H37FN4O6/c1-18-23(17-35-28-27(18)25(38)5-10-41-28)22-11-19-13-26(34-16-20(19)12-24(22)33)36-29(39)42-21-14-32(15-21)6-8-37(9-7-32)30(40)43-31(2,3)4/h11-13,16-17,21,25,38H,5-10,14-15H2,1-4H3,(H,34,36,39). The van der Waals surface area contributed by atoms with Crippen molar-refractivity contribution < 1.29 is 33.3 Å². The summed E-state index contributed by atoms with van der Waals surface area (Å²) in [6.07, 6.45) is 4.92. The van der Waals surface area contributed by atoms with Crippen LogP contribution >= 0.6 is 0 Å². The van der Waals surface area contributed by atoms with Gasteiger partial charge in [0.2, 0.25) is 5.88 Å². The van der Waals surface area contributed by atoms with Gasteiger partial charge in [0.25, 0.3) is 0 Å². The Balaban J connectivity index is 1.08. The summed E-state index contributed by atoms with van der Waals surface area (Å²) < 4.78 is 31.9. The number of fused-ring (bicyclic) bond motifs is 2. The molecule has 1 spiro atoms. The van der Waals surface area contributed by atoms with Crippen molar-refractivity contribution in [2.24, 2.45) is 5.41 Å². The summed E-state index contributed by atoms with van der Waals surface area (Å²) in [6, 6.07) is 4.76. The maximum absolute atomic E-state index is 15.2. The number of rotatable bonds is 3. The van der Waals surface area contributed by atoms with Crippen LogP contribution in [-0.2, 0) is 9.47 Å². The van der Waals surface area contributed by atoms with Gasteiger partial charge in [-0.05, 0) is 87.9 Å². The normalized spacial score (nSPS) is 19.8. The van der Waals surface area contributed by atoms with Crippen molar-refractivity contribution in [3.05, 3.63) is 47.5 Å². The van der Waals surface area contributed by atoms with Crippen LogP contribution in [0.1, 0.15) is 70.1 Å². The third-order valence-corrected chi connectivity index (χ3v) is 8.71. The summed E-state index contributed by atoms with van der Waals surface area (Å²) in [7, 11) is 0. The van der Waals surface area contributed by atoms with Gasteiger partial charge in [-0.2, -0.15) is 0 Å². The number of amides is 2. The lowest BCUT2D eigenvalue weighted by atomic mass is 9.61. The second kappa shape index (κ2) is 10.9. The number of ether oxygens (including phenoxy) is 3. The minimum absolute atomic E-state index is 0.0803. The number of benzene rings is 1. The third-order valence-electron chi connectivity index (χ3n) is 8.71. The van der Waals surface area contributed by atoms with Crippen molar-refractivity contribution in [3.63, 3.8) is 0 Å². The minimum atomic E-state index is -0.721. The zero-order valence-electron chi connectivity index (χ0n) is 24.9. The highest BCUT2D eigenvalue weighted by Crippen LogP contribution is 2.50. The van der Waals surface area contributed by atoms with Crippen LogP contribution in [0.15, 0.2) is 30.6 Å². The van der Waals surface area contributed by atoms with Crippen molar-refractivity contribution in [3.8, 4) is 17.0 Å². The number of piperidine rings is 1. The maximum Gasteiger partial charge on any atom is 0.413 e. The molecule has 3 aliphatic rings. The Hall–Kier alpha value is -3.99. The molecule has 1 aliphatic carbocycles. The monoisotopic (exact) mass is 592 g/mol. The molecule has 1 saturated carbocycles. The predicted octanol–water partition coefficient (Wildman–Crippen LogP) is 6.29. The number of carbonyl (C=O) groups is 2. The maximum atomic E-state index is 15.2. The number of carbonyl (C=O) groups excluding carboxylic acids is 2. The Morgan fingerprint density at radius 3 is 2.56 bits per heavy atom. The fraction of sp³-hybridized carbons (Fsp3) is 0.500. The zero-order valence-corrected chi connectivity index (χ0v) is 24.9. The largest absolute Gasteiger partial charge is 0.477 e. The van der Waals surface area contributed by atoms with Crippen LogP contribution in [0.4, 0.5) is 19.8 Å². The molecule has 2 aromatic heterocycles. The van der Waals surface area contributed by atoms with Crippen molar-refractivity contribution in [1.82, 2.24) is 14.9 Å². The fourth-order valence-electron chi connectivity index (χ4n) is 6.40. The molecule has 3 aromatic rings. The number of nitrogens with zero attached hydrogens (tertiary/aromatic N) is 3. The highest BCUT2D eigenvalue weighted by molar-refractivity contribution is 5.92. The van der Waals surface area contributed by atoms with E-state index in [2.05, 4.69) is 15.3 Å². The van der Waals surface area contributed by atoms with Crippen LogP contribution in [0, 0.1) is 18.2 Å². The summed E-state index contributed by atoms with van der Waals surface area (Å²) in [5.41, 5.74) is 1.73. The molecule has 11 heteroatoms. The molecule has 4 heterocycles. The third kappa shape index (κ3) is 5.95. The van der Waals surface area contributed by atoms with Crippen LogP contribution < -0.4 is 10.1 Å². The first kappa shape index (κ1) is 29.1. The number of halogens is 1. The van der Waals surface area contributed by atoms with Gasteiger partial charge in [-0.25, -0.2) is 23.9 Å². The molecular weight excluding hydrogens is 555 g/mol. The molecule has 228 valence electrons. The van der Waals surface area contributed by atoms with Crippen LogP contribution in [0.5, 0.6) is 5.88 Å². The van der Waals surface area contributed by atoms with Crippen molar-refractivity contribution in [2.75, 3.05) is 25.0 Å². The average molecular weight is 593 g/mol. The van der Waals surface area contributed by atoms with Crippen LogP contribution in [0.25, 0.3) is 21.9 Å². The molecule has 6 rings (SSSR count). The quantitative estimate of drug-likeness (QED) is 0.364. The molecule has 0 radical (unpaired) electrons. The number of aliphatic hydroxyl groups excluding tert-OH is 1. The molecule has 1 aromatic carbocycles. The molecule has 2 N–H and O–H groups in total. The highest BCUT2D eigenvalue weighted by Gasteiger charge is 2.48. The first-order valence-electron chi connectivity index (χ1n) is 14.8. The Morgan fingerprint density at radius 2 is 1.84 bits per heavy atom. The van der Waals surface area contributed by atoms with Gasteiger partial charge in [0, 0.05) is 54.0 Å². The van der Waals surface area contributed by atoms with E-state index in [9.17, 15) is 14.7 Å².